The van der Waals surface area contributed by atoms with Gasteiger partial charge < -0.3 is 30.2 Å². The average Bonchev–Trinajstić information content (AvgIpc) is 3.86. The average molecular weight is 717 g/mol. The number of aliphatic hydroxyl groups is 1. The van der Waals surface area contributed by atoms with E-state index in [0.29, 0.717) is 16.2 Å². The number of hydrogen-bond acceptors (Lipinski definition) is 11. The van der Waals surface area contributed by atoms with E-state index in [9.17, 15) is 33.9 Å². The van der Waals surface area contributed by atoms with Crippen LogP contribution in [0.5, 0.6) is 0 Å². The molecule has 0 bridgehead atoms. The molecule has 260 valence electrons. The number of carboxylic acids is 1. The Hall–Kier alpha value is -4.42. The van der Waals surface area contributed by atoms with Crippen LogP contribution in [0.3, 0.4) is 0 Å². The largest absolute Gasteiger partial charge is 1.00 e. The first-order valence-electron chi connectivity index (χ1n) is 14.4. The molecule has 0 saturated carbocycles. The minimum atomic E-state index is -1.10. The molecule has 0 radical (unpaired) electrons. The smallest absolute Gasteiger partial charge is 0.870 e. The van der Waals surface area contributed by atoms with Gasteiger partial charge in [-0.3, -0.25) is 19.2 Å². The normalized spacial score (nSPS) is 15.2. The van der Waals surface area contributed by atoms with Gasteiger partial charge in [-0.15, -0.1) is 22.7 Å². The van der Waals surface area contributed by atoms with E-state index in [1.54, 1.807) is 35.0 Å². The van der Waals surface area contributed by atoms with Crippen molar-refractivity contribution < 1.29 is 68.1 Å². The van der Waals surface area contributed by atoms with Crippen molar-refractivity contribution >= 4 is 58.0 Å². The molecule has 0 saturated heterocycles. The maximum Gasteiger partial charge on any atom is 1.00 e. The maximum absolute atomic E-state index is 12.6. The molecule has 2 aromatic carbocycles. The predicted octanol–water partition coefficient (Wildman–Crippen LogP) is 1.10. The van der Waals surface area contributed by atoms with E-state index >= 15 is 0 Å². The van der Waals surface area contributed by atoms with Gasteiger partial charge in [-0.05, 0) is 45.1 Å². The van der Waals surface area contributed by atoms with Gasteiger partial charge in [0.2, 0.25) is 0 Å². The topological polar surface area (TPSA) is 189 Å². The monoisotopic (exact) mass is 716 g/mol. The second-order valence-corrected chi connectivity index (χ2v) is 12.2. The van der Waals surface area contributed by atoms with Crippen LogP contribution in [0, 0.1) is 0 Å². The van der Waals surface area contributed by atoms with Gasteiger partial charge in [0, 0.05) is 33.0 Å². The Labute approximate surface area is 309 Å². The van der Waals surface area contributed by atoms with E-state index in [1.807, 2.05) is 48.5 Å². The molecule has 2 amide bonds. The summed E-state index contributed by atoms with van der Waals surface area (Å²) in [6.45, 7) is 0.370. The first kappa shape index (κ1) is 43.6. The zero-order chi connectivity index (χ0) is 34.1. The number of benzene rings is 2. The number of aliphatic carboxylic acids is 1. The molecule has 50 heavy (non-hydrogen) atoms. The fraction of sp³-hybridized carbons (Fsp3) is 0.257. The van der Waals surface area contributed by atoms with Crippen LogP contribution in [0.15, 0.2) is 83.6 Å². The molecule has 4 heterocycles. The number of aliphatic hydroxyl groups excluding tert-OH is 1. The third-order valence-electron chi connectivity index (χ3n) is 7.66. The molecule has 2 aliphatic heterocycles. The quantitative estimate of drug-likeness (QED) is 0.127. The van der Waals surface area contributed by atoms with Crippen molar-refractivity contribution in [2.75, 3.05) is 14.2 Å². The van der Waals surface area contributed by atoms with Gasteiger partial charge in [0.05, 0.1) is 16.9 Å². The minimum Gasteiger partial charge on any atom is -0.870 e. The van der Waals surface area contributed by atoms with Gasteiger partial charge in [-0.25, -0.2) is 9.59 Å². The number of methoxy groups -OCH3 is 1. The number of carbonyl (C=O) groups is 6. The number of amides is 2. The first-order chi connectivity index (χ1) is 22.7. The van der Waals surface area contributed by atoms with Crippen LogP contribution in [0.2, 0.25) is 0 Å². The number of Topliss-reactive ketones (excluding diaryl/α,β-unsaturated/α-hetero) is 2. The van der Waals surface area contributed by atoms with Crippen LogP contribution in [0.25, 0.3) is 0 Å². The maximum atomic E-state index is 12.6. The molecule has 0 aliphatic carbocycles. The van der Waals surface area contributed by atoms with Gasteiger partial charge in [-0.2, -0.15) is 0 Å². The van der Waals surface area contributed by atoms with Crippen LogP contribution in [-0.4, -0.2) is 87.1 Å². The van der Waals surface area contributed by atoms with Crippen molar-refractivity contribution in [3.63, 3.8) is 0 Å². The number of rotatable bonds is 6. The van der Waals surface area contributed by atoms with E-state index in [1.165, 1.54) is 34.7 Å². The summed E-state index contributed by atoms with van der Waals surface area (Å²) < 4.78 is 4.81. The summed E-state index contributed by atoms with van der Waals surface area (Å²) in [4.78, 5) is 76.3. The van der Waals surface area contributed by atoms with Gasteiger partial charge >= 0.3 is 30.8 Å². The van der Waals surface area contributed by atoms with Gasteiger partial charge in [-0.1, -0.05) is 68.1 Å². The number of carboxylic acid groups (broad SMARTS) is 1. The SMILES string of the molecule is C.CO.COC(=O)C1Cc2ccccc2CN1C(=O)C(=O)c1cccs1.O=C(C(=O)N1Cc2ccccc2CC1C(=O)O)c1cccs1.[Li+].[OH-]. The summed E-state index contributed by atoms with van der Waals surface area (Å²) in [5.41, 5.74) is 3.73. The third kappa shape index (κ3) is 9.85. The Morgan fingerprint density at radius 3 is 1.40 bits per heavy atom. The Kier molecular flexibility index (Phi) is 17.7. The van der Waals surface area contributed by atoms with Gasteiger partial charge in [0.25, 0.3) is 23.4 Å². The van der Waals surface area contributed by atoms with Gasteiger partial charge in [0.1, 0.15) is 12.1 Å². The molecule has 6 rings (SSSR count). The molecule has 2 aliphatic rings. The molecular weight excluding hydrogens is 679 g/mol. The molecule has 3 N–H and O–H groups in total. The zero-order valence-corrected chi connectivity index (χ0v) is 28.6. The van der Waals surface area contributed by atoms with E-state index < -0.39 is 47.4 Å². The second-order valence-electron chi connectivity index (χ2n) is 10.3. The summed E-state index contributed by atoms with van der Waals surface area (Å²) in [6, 6.07) is 19.8. The molecule has 2 aromatic heterocycles. The Morgan fingerprint density at radius 1 is 0.660 bits per heavy atom. The van der Waals surface area contributed by atoms with Crippen LogP contribution in [-0.2, 0) is 49.8 Å². The molecule has 4 aromatic rings. The van der Waals surface area contributed by atoms with E-state index in [4.69, 9.17) is 9.84 Å². The number of ketones is 2. The summed E-state index contributed by atoms with van der Waals surface area (Å²) >= 11 is 2.39. The van der Waals surface area contributed by atoms with E-state index in [-0.39, 0.29) is 51.3 Å². The van der Waals surface area contributed by atoms with Crippen LogP contribution in [0.4, 0.5) is 0 Å². The molecule has 0 spiro atoms. The molecule has 2 unspecified atom stereocenters. The number of esters is 1. The Morgan fingerprint density at radius 2 is 1.04 bits per heavy atom. The number of fused-ring (bicyclic) bond motifs is 2. The zero-order valence-electron chi connectivity index (χ0n) is 27.0. The molecule has 15 heteroatoms. The molecule has 2 atom stereocenters. The van der Waals surface area contributed by atoms with Crippen molar-refractivity contribution in [2.24, 2.45) is 0 Å². The molecule has 12 nitrogen and oxygen atoms in total. The van der Waals surface area contributed by atoms with Crippen molar-refractivity contribution in [1.29, 1.82) is 0 Å². The summed E-state index contributed by atoms with van der Waals surface area (Å²) in [5, 5.41) is 19.8. The summed E-state index contributed by atoms with van der Waals surface area (Å²) in [5.74, 6) is -4.27. The van der Waals surface area contributed by atoms with Crippen LogP contribution >= 0.6 is 22.7 Å². The van der Waals surface area contributed by atoms with E-state index in [2.05, 4.69) is 0 Å². The number of carbonyl (C=O) groups excluding carboxylic acids is 5. The van der Waals surface area contributed by atoms with Gasteiger partial charge in [0.15, 0.2) is 0 Å². The first-order valence-corrected chi connectivity index (χ1v) is 16.1. The van der Waals surface area contributed by atoms with Crippen molar-refractivity contribution in [2.45, 2.75) is 45.4 Å². The molecule has 0 fully saturated rings. The standard InChI is InChI=1S/C17H15NO4S.C16H13NO4S.CH4O.CH4.Li.H2O/c1-22-17(21)13-9-11-5-2-3-6-12(11)10-18(13)16(20)15(19)14-7-4-8-23-14;18-14(13-6-3-7-22-13)15(19)17-9-11-5-2-1-4-10(11)8-12(17)16(20)21;1-2;;;/h2-8,13H,9-10H2,1H3;1-7,12H,8-9H2,(H,20,21);2H,1H3;1H4;;1H2/q;;;;+1;/p-1. The number of thiophene rings is 2. The fourth-order valence-electron chi connectivity index (χ4n) is 5.33. The predicted molar refractivity (Wildman–Crippen MR) is 183 cm³/mol. The number of ether oxygens (including phenoxy) is 1. The van der Waals surface area contributed by atoms with Crippen LogP contribution < -0.4 is 18.9 Å². The fourth-order valence-corrected chi connectivity index (χ4v) is 6.64. The third-order valence-corrected chi connectivity index (χ3v) is 9.39. The van der Waals surface area contributed by atoms with E-state index in [0.717, 1.165) is 34.3 Å². The Balaban J connectivity index is 0.000000451. The van der Waals surface area contributed by atoms with Crippen molar-refractivity contribution in [3.05, 3.63) is 116 Å². The van der Waals surface area contributed by atoms with Crippen LogP contribution in [0.1, 0.15) is 49.0 Å². The van der Waals surface area contributed by atoms with Crippen molar-refractivity contribution in [1.82, 2.24) is 9.80 Å². The second kappa shape index (κ2) is 20.3. The Bertz CT molecular complexity index is 1760. The number of nitrogens with zero attached hydrogens (tertiary/aromatic N) is 2. The molecular formula is C35H37LiN2O10S2. The summed E-state index contributed by atoms with van der Waals surface area (Å²) in [6.07, 6.45) is 0.571. The number of hydrogen-bond donors (Lipinski definition) is 2. The minimum absolute atomic E-state index is 0. The summed E-state index contributed by atoms with van der Waals surface area (Å²) in [7, 11) is 2.28. The van der Waals surface area contributed by atoms with Crippen molar-refractivity contribution in [3.8, 4) is 0 Å².